The molecule has 0 unspecified atom stereocenters. The molecular weight excluding hydrogens is 154 g/mol. The average molecular weight is 158 g/mol. The molecule has 0 aliphatic rings. The Morgan fingerprint density at radius 1 is 1.89 bits per heavy atom. The molecule has 0 amide bonds. The average Bonchev–Trinajstić information content (AvgIpc) is 2.15. The minimum Gasteiger partial charge on any atom is -0.322 e. The van der Waals surface area contributed by atoms with Crippen LogP contribution in [0.4, 0.5) is 5.00 Å². The molecule has 0 bridgehead atoms. The first-order valence-electron chi connectivity index (χ1n) is 2.20. The van der Waals surface area contributed by atoms with Crippen molar-refractivity contribution in [3.05, 3.63) is 11.7 Å². The molecule has 0 spiro atoms. The van der Waals surface area contributed by atoms with Gasteiger partial charge in [0.15, 0.2) is 5.11 Å². The van der Waals surface area contributed by atoms with Crippen molar-refractivity contribution in [1.29, 1.82) is 0 Å². The summed E-state index contributed by atoms with van der Waals surface area (Å²) in [7, 11) is 0. The van der Waals surface area contributed by atoms with Crippen LogP contribution in [0.3, 0.4) is 0 Å². The first-order valence-corrected chi connectivity index (χ1v) is 3.49. The van der Waals surface area contributed by atoms with Crippen LogP contribution in [0.25, 0.3) is 0 Å². The van der Waals surface area contributed by atoms with Crippen LogP contribution in [0.5, 0.6) is 0 Å². The van der Waals surface area contributed by atoms with E-state index in [1.807, 2.05) is 0 Å². The van der Waals surface area contributed by atoms with Gasteiger partial charge in [0.05, 0.1) is 11.7 Å². The summed E-state index contributed by atoms with van der Waals surface area (Å²) in [6, 6.07) is 0. The molecule has 0 fully saturated rings. The van der Waals surface area contributed by atoms with Gasteiger partial charge in [0.25, 0.3) is 0 Å². The highest BCUT2D eigenvalue weighted by molar-refractivity contribution is 7.80. The number of anilines is 1. The molecule has 1 aromatic heterocycles. The van der Waals surface area contributed by atoms with Crippen molar-refractivity contribution in [2.24, 2.45) is 0 Å². The van der Waals surface area contributed by atoms with E-state index in [4.69, 9.17) is 5.73 Å². The maximum atomic E-state index is 6.85. The summed E-state index contributed by atoms with van der Waals surface area (Å²) in [4.78, 5) is 3.79. The van der Waals surface area contributed by atoms with Gasteiger partial charge >= 0.3 is 0 Å². The minimum atomic E-state index is 0.0271. The molecule has 5 heteroatoms. The van der Waals surface area contributed by atoms with Crippen molar-refractivity contribution >= 4 is 33.7 Å². The van der Waals surface area contributed by atoms with Gasteiger partial charge in [-0.05, 0) is 12.2 Å². The van der Waals surface area contributed by atoms with Crippen LogP contribution in [-0.4, -0.2) is 10.1 Å². The third-order valence-electron chi connectivity index (χ3n) is 0.669. The monoisotopic (exact) mass is 158 g/mol. The fourth-order valence-electron chi connectivity index (χ4n) is 0.389. The molecule has 47 valence electrons. The Morgan fingerprint density at radius 3 is 3.11 bits per heavy atom. The second kappa shape index (κ2) is 2.75. The number of thiocarbonyl (C=S) groups is 1. The third kappa shape index (κ3) is 1.95. The number of rotatable bonds is 1. The maximum absolute atomic E-state index is 6.85. The van der Waals surface area contributed by atoms with Crippen LogP contribution in [0, 0.1) is 0 Å². The second-order valence-corrected chi connectivity index (χ2v) is 2.61. The summed E-state index contributed by atoms with van der Waals surface area (Å²) in [5, 5.41) is 3.48. The van der Waals surface area contributed by atoms with Gasteiger partial charge in [0.2, 0.25) is 0 Å². The Balaban J connectivity index is 2.58. The van der Waals surface area contributed by atoms with Crippen LogP contribution >= 0.6 is 23.6 Å². The van der Waals surface area contributed by atoms with E-state index in [-0.39, 0.29) is 5.11 Å². The van der Waals surface area contributed by atoms with E-state index in [1.165, 1.54) is 11.3 Å². The summed E-state index contributed by atoms with van der Waals surface area (Å²) < 4.78 is 0. The van der Waals surface area contributed by atoms with Crippen LogP contribution < -0.4 is 11.1 Å². The number of nitrogens with one attached hydrogen (secondary N) is 2. The van der Waals surface area contributed by atoms with E-state index in [1.54, 1.807) is 11.7 Å². The Labute approximate surface area is 61.9 Å². The van der Waals surface area contributed by atoms with Gasteiger partial charge in [-0.25, -0.2) is 0 Å². The van der Waals surface area contributed by atoms with Gasteiger partial charge in [-0.1, -0.05) is 0 Å². The summed E-state index contributed by atoms with van der Waals surface area (Å²) >= 11 is 5.90. The molecule has 0 aliphatic carbocycles. The lowest BCUT2D eigenvalue weighted by Crippen LogP contribution is -2.07. The standard InChI is InChI=1S/C4H4N3S2/c5-4(8)7-3-1-6-2-9-3/h1-2,5H,(H,7,8). The molecule has 3 nitrogen and oxygen atoms in total. The van der Waals surface area contributed by atoms with E-state index in [9.17, 15) is 0 Å². The predicted molar refractivity (Wildman–Crippen MR) is 41.4 cm³/mol. The van der Waals surface area contributed by atoms with Gasteiger partial charge in [0, 0.05) is 0 Å². The Hall–Kier alpha value is -0.680. The molecule has 1 aromatic rings. The summed E-state index contributed by atoms with van der Waals surface area (Å²) in [6.07, 6.45) is 1.63. The lowest BCUT2D eigenvalue weighted by molar-refractivity contribution is 1.42. The highest BCUT2D eigenvalue weighted by Gasteiger charge is 1.91. The molecular formula is C4H4N3S2. The Bertz CT molecular complexity index is 194. The summed E-state index contributed by atoms with van der Waals surface area (Å²) in [6.45, 7) is 0. The van der Waals surface area contributed by atoms with Crippen LogP contribution in [0.1, 0.15) is 0 Å². The minimum absolute atomic E-state index is 0.0271. The normalized spacial score (nSPS) is 8.89. The zero-order valence-corrected chi connectivity index (χ0v) is 6.05. The fraction of sp³-hybridized carbons (Fsp3) is 0. The number of aromatic nitrogens is 1. The largest absolute Gasteiger partial charge is 0.322 e. The first kappa shape index (κ1) is 6.44. The first-order chi connectivity index (χ1) is 4.29. The lowest BCUT2D eigenvalue weighted by atomic mass is 10.8. The van der Waals surface area contributed by atoms with Crippen molar-refractivity contribution in [1.82, 2.24) is 10.7 Å². The molecule has 1 heterocycles. The van der Waals surface area contributed by atoms with Crippen LogP contribution in [0.15, 0.2) is 11.7 Å². The van der Waals surface area contributed by atoms with E-state index in [2.05, 4.69) is 22.5 Å². The molecule has 9 heavy (non-hydrogen) atoms. The molecule has 0 aromatic carbocycles. The van der Waals surface area contributed by atoms with Crippen molar-refractivity contribution in [2.75, 3.05) is 5.32 Å². The predicted octanol–water partition coefficient (Wildman–Crippen LogP) is 1.12. The SMILES string of the molecule is [NH]C(=S)Nc1cncs1. The van der Waals surface area contributed by atoms with E-state index < -0.39 is 0 Å². The van der Waals surface area contributed by atoms with Crippen molar-refractivity contribution in [2.45, 2.75) is 0 Å². The molecule has 1 rings (SSSR count). The molecule has 0 saturated heterocycles. The van der Waals surface area contributed by atoms with E-state index in [0.29, 0.717) is 0 Å². The fourth-order valence-corrected chi connectivity index (χ4v) is 1.08. The van der Waals surface area contributed by atoms with Crippen molar-refractivity contribution < 1.29 is 0 Å². The van der Waals surface area contributed by atoms with E-state index >= 15 is 0 Å². The van der Waals surface area contributed by atoms with Gasteiger partial charge in [0.1, 0.15) is 5.00 Å². The Kier molecular flexibility index (Phi) is 1.96. The van der Waals surface area contributed by atoms with E-state index in [0.717, 1.165) is 5.00 Å². The quantitative estimate of drug-likeness (QED) is 0.623. The number of thiazole rings is 1. The molecule has 0 saturated carbocycles. The molecule has 0 aliphatic heterocycles. The van der Waals surface area contributed by atoms with Crippen LogP contribution in [-0.2, 0) is 0 Å². The lowest BCUT2D eigenvalue weighted by Gasteiger charge is -1.93. The summed E-state index contributed by atoms with van der Waals surface area (Å²) in [5.74, 6) is 0. The smallest absolute Gasteiger partial charge is 0.190 e. The number of hydrogen-bond donors (Lipinski definition) is 1. The van der Waals surface area contributed by atoms with Gasteiger partial charge in [-0.3, -0.25) is 10.7 Å². The zero-order chi connectivity index (χ0) is 6.69. The van der Waals surface area contributed by atoms with Crippen LogP contribution in [0.2, 0.25) is 0 Å². The topological polar surface area (TPSA) is 48.7 Å². The summed E-state index contributed by atoms with van der Waals surface area (Å²) in [5.41, 5.74) is 8.53. The highest BCUT2D eigenvalue weighted by Crippen LogP contribution is 2.11. The molecule has 1 radical (unpaired) electrons. The van der Waals surface area contributed by atoms with Gasteiger partial charge in [-0.15, -0.1) is 11.3 Å². The van der Waals surface area contributed by atoms with Crippen molar-refractivity contribution in [3.63, 3.8) is 0 Å². The molecule has 0 atom stereocenters. The molecule has 2 N–H and O–H groups in total. The number of hydrogen-bond acceptors (Lipinski definition) is 3. The Morgan fingerprint density at radius 2 is 2.67 bits per heavy atom. The maximum Gasteiger partial charge on any atom is 0.190 e. The van der Waals surface area contributed by atoms with Crippen molar-refractivity contribution in [3.8, 4) is 0 Å². The second-order valence-electron chi connectivity index (χ2n) is 1.32. The zero-order valence-electron chi connectivity index (χ0n) is 4.42. The third-order valence-corrected chi connectivity index (χ3v) is 1.46. The van der Waals surface area contributed by atoms with Gasteiger partial charge in [-0.2, -0.15) is 0 Å². The number of nitrogens with zero attached hydrogens (tertiary/aromatic N) is 1. The highest BCUT2D eigenvalue weighted by atomic mass is 32.1. The van der Waals surface area contributed by atoms with Gasteiger partial charge < -0.3 is 5.32 Å².